The Hall–Kier alpha value is -1.32. The highest BCUT2D eigenvalue weighted by Gasteiger charge is 2.32. The van der Waals surface area contributed by atoms with Gasteiger partial charge in [-0.25, -0.2) is 4.57 Å². The first kappa shape index (κ1) is 19.7. The fraction of sp³-hybridized carbons (Fsp3) is 0.588. The third kappa shape index (κ3) is 5.36. The summed E-state index contributed by atoms with van der Waals surface area (Å²) in [5.41, 5.74) is 1.89. The number of esters is 1. The molecule has 1 atom stereocenters. The predicted octanol–water partition coefficient (Wildman–Crippen LogP) is 4.71. The number of ether oxygens (including phenoxy) is 1. The minimum absolute atomic E-state index is 0.190. The molecule has 0 heterocycles. The third-order valence-corrected chi connectivity index (χ3v) is 5.18. The van der Waals surface area contributed by atoms with Crippen molar-refractivity contribution in [2.75, 3.05) is 19.9 Å². The normalized spacial score (nSPS) is 13.9. The summed E-state index contributed by atoms with van der Waals surface area (Å²) in [6, 6.07) is 5.85. The summed E-state index contributed by atoms with van der Waals surface area (Å²) >= 11 is 0. The number of rotatable bonds is 8. The van der Waals surface area contributed by atoms with Gasteiger partial charge in [0.1, 0.15) is 5.75 Å². The fourth-order valence-electron chi connectivity index (χ4n) is 2.25. The second kappa shape index (κ2) is 8.51. The van der Waals surface area contributed by atoms with Gasteiger partial charge in [0.15, 0.2) is 6.16 Å². The second-order valence-corrected chi connectivity index (χ2v) is 7.91. The van der Waals surface area contributed by atoms with Crippen LogP contribution in [0.2, 0.25) is 0 Å². The molecule has 0 bridgehead atoms. The summed E-state index contributed by atoms with van der Waals surface area (Å²) in [7, 11) is -2.37. The lowest BCUT2D eigenvalue weighted by Crippen LogP contribution is -2.14. The van der Waals surface area contributed by atoms with E-state index in [1.807, 2.05) is 45.9 Å². The zero-order chi connectivity index (χ0) is 17.6. The van der Waals surface area contributed by atoms with Crippen molar-refractivity contribution in [3.8, 4) is 5.75 Å². The van der Waals surface area contributed by atoms with Crippen LogP contribution in [0.15, 0.2) is 18.2 Å². The third-order valence-electron chi connectivity index (χ3n) is 3.43. The molecule has 6 heteroatoms. The molecule has 1 unspecified atom stereocenters. The highest BCUT2D eigenvalue weighted by Crippen LogP contribution is 2.51. The van der Waals surface area contributed by atoms with Gasteiger partial charge < -0.3 is 9.26 Å². The molecule has 0 N–H and O–H groups in total. The summed E-state index contributed by atoms with van der Waals surface area (Å²) < 4.78 is 28.7. The Morgan fingerprint density at radius 2 is 1.65 bits per heavy atom. The molecule has 0 radical (unpaired) electrons. The first-order chi connectivity index (χ1) is 10.7. The maximum absolute atomic E-state index is 13.0. The molecule has 5 nitrogen and oxygen atoms in total. The quantitative estimate of drug-likeness (QED) is 0.505. The first-order valence-corrected chi connectivity index (χ1v) is 9.59. The standard InChI is InChI=1S/C17H27O5P/c1-7-21-23(19,11-16(18)20-6)22-17-14(12(2)3)9-8-10-15(17)13(4)5/h8-10,12-13H,7,11H2,1-6H3. The molecule has 0 amide bonds. The van der Waals surface area contributed by atoms with E-state index in [1.54, 1.807) is 6.92 Å². The van der Waals surface area contributed by atoms with E-state index in [4.69, 9.17) is 9.05 Å². The van der Waals surface area contributed by atoms with Gasteiger partial charge in [0.25, 0.3) is 0 Å². The maximum atomic E-state index is 13.0. The van der Waals surface area contributed by atoms with E-state index < -0.39 is 19.7 Å². The average molecular weight is 342 g/mol. The van der Waals surface area contributed by atoms with Crippen molar-refractivity contribution in [3.63, 3.8) is 0 Å². The van der Waals surface area contributed by atoms with Crippen molar-refractivity contribution in [2.24, 2.45) is 0 Å². The van der Waals surface area contributed by atoms with Crippen LogP contribution < -0.4 is 4.52 Å². The lowest BCUT2D eigenvalue weighted by molar-refractivity contribution is -0.137. The predicted molar refractivity (Wildman–Crippen MR) is 91.4 cm³/mol. The van der Waals surface area contributed by atoms with Gasteiger partial charge in [-0.3, -0.25) is 9.32 Å². The van der Waals surface area contributed by atoms with Crippen molar-refractivity contribution >= 4 is 13.6 Å². The second-order valence-electron chi connectivity index (χ2n) is 5.93. The molecule has 1 aromatic rings. The molecular formula is C17H27O5P. The molecule has 0 spiro atoms. The van der Waals surface area contributed by atoms with E-state index >= 15 is 0 Å². The van der Waals surface area contributed by atoms with Crippen molar-refractivity contribution < 1.29 is 23.1 Å². The van der Waals surface area contributed by atoms with Gasteiger partial charge in [-0.15, -0.1) is 0 Å². The van der Waals surface area contributed by atoms with Crippen LogP contribution in [-0.2, 0) is 18.6 Å². The minimum Gasteiger partial charge on any atom is -0.468 e. The summed E-state index contributed by atoms with van der Waals surface area (Å²) in [5.74, 6) is 0.321. The van der Waals surface area contributed by atoms with Crippen LogP contribution in [0.1, 0.15) is 57.6 Å². The Morgan fingerprint density at radius 1 is 1.13 bits per heavy atom. The van der Waals surface area contributed by atoms with Crippen LogP contribution in [0.5, 0.6) is 5.75 Å². The summed E-state index contributed by atoms with van der Waals surface area (Å²) in [4.78, 5) is 11.6. The monoisotopic (exact) mass is 342 g/mol. The molecule has 0 aliphatic rings. The Bertz CT molecular complexity index is 554. The van der Waals surface area contributed by atoms with Gasteiger partial charge in [0.2, 0.25) is 0 Å². The zero-order valence-corrected chi connectivity index (χ0v) is 15.7. The molecule has 0 saturated carbocycles. The van der Waals surface area contributed by atoms with Crippen LogP contribution in [0.3, 0.4) is 0 Å². The first-order valence-electron chi connectivity index (χ1n) is 7.86. The Morgan fingerprint density at radius 3 is 2.04 bits per heavy atom. The SMILES string of the molecule is CCOP(=O)(CC(=O)OC)Oc1c(C(C)C)cccc1C(C)C. The van der Waals surface area contributed by atoms with Crippen LogP contribution in [0.25, 0.3) is 0 Å². The molecule has 130 valence electrons. The van der Waals surface area contributed by atoms with Crippen molar-refractivity contribution in [3.05, 3.63) is 29.3 Å². The number of para-hydroxylation sites is 1. The Labute approximate surface area is 138 Å². The lowest BCUT2D eigenvalue weighted by atomic mass is 9.94. The van der Waals surface area contributed by atoms with E-state index in [-0.39, 0.29) is 18.4 Å². The van der Waals surface area contributed by atoms with Crippen LogP contribution >= 0.6 is 7.60 Å². The molecule has 23 heavy (non-hydrogen) atoms. The minimum atomic E-state index is -3.62. The average Bonchev–Trinajstić information content (AvgIpc) is 2.46. The van der Waals surface area contributed by atoms with Gasteiger partial charge in [-0.05, 0) is 29.9 Å². The number of benzene rings is 1. The van der Waals surface area contributed by atoms with Crippen LogP contribution in [-0.4, -0.2) is 25.8 Å². The van der Waals surface area contributed by atoms with Crippen molar-refractivity contribution in [1.29, 1.82) is 0 Å². The van der Waals surface area contributed by atoms with E-state index in [9.17, 15) is 9.36 Å². The summed E-state index contributed by atoms with van der Waals surface area (Å²) in [6.07, 6.45) is -0.401. The molecule has 0 saturated heterocycles. The topological polar surface area (TPSA) is 61.8 Å². The molecule has 0 aromatic heterocycles. The molecule has 1 aromatic carbocycles. The van der Waals surface area contributed by atoms with E-state index in [0.717, 1.165) is 11.1 Å². The number of carbonyl (C=O) groups is 1. The number of hydrogen-bond donors (Lipinski definition) is 0. The van der Waals surface area contributed by atoms with Gasteiger partial charge >= 0.3 is 13.6 Å². The zero-order valence-electron chi connectivity index (χ0n) is 14.8. The van der Waals surface area contributed by atoms with Gasteiger partial charge in [0, 0.05) is 0 Å². The number of carbonyl (C=O) groups excluding carboxylic acids is 1. The molecular weight excluding hydrogens is 315 g/mol. The Kier molecular flexibility index (Phi) is 7.30. The lowest BCUT2D eigenvalue weighted by Gasteiger charge is -2.24. The van der Waals surface area contributed by atoms with Gasteiger partial charge in [-0.1, -0.05) is 45.9 Å². The van der Waals surface area contributed by atoms with Crippen LogP contribution in [0, 0.1) is 0 Å². The number of hydrogen-bond acceptors (Lipinski definition) is 5. The van der Waals surface area contributed by atoms with Gasteiger partial charge in [-0.2, -0.15) is 0 Å². The smallest absolute Gasteiger partial charge is 0.390 e. The molecule has 1 rings (SSSR count). The Balaban J connectivity index is 3.31. The van der Waals surface area contributed by atoms with Crippen molar-refractivity contribution in [2.45, 2.75) is 46.5 Å². The van der Waals surface area contributed by atoms with E-state index in [1.165, 1.54) is 7.11 Å². The molecule has 0 fully saturated rings. The van der Waals surface area contributed by atoms with Gasteiger partial charge in [0.05, 0.1) is 13.7 Å². The molecule has 0 aliphatic carbocycles. The summed E-state index contributed by atoms with van der Waals surface area (Å²) in [5, 5.41) is 0. The van der Waals surface area contributed by atoms with E-state index in [2.05, 4.69) is 4.74 Å². The maximum Gasteiger partial charge on any atom is 0.390 e. The van der Waals surface area contributed by atoms with Crippen molar-refractivity contribution in [1.82, 2.24) is 0 Å². The largest absolute Gasteiger partial charge is 0.468 e. The summed E-state index contributed by atoms with van der Waals surface area (Å²) in [6.45, 7) is 10.1. The molecule has 0 aliphatic heterocycles. The highest BCUT2D eigenvalue weighted by atomic mass is 31.2. The van der Waals surface area contributed by atoms with E-state index in [0.29, 0.717) is 5.75 Å². The number of methoxy groups -OCH3 is 1. The van der Waals surface area contributed by atoms with Crippen LogP contribution in [0.4, 0.5) is 0 Å². The fourth-order valence-corrected chi connectivity index (χ4v) is 3.79. The highest BCUT2D eigenvalue weighted by molar-refractivity contribution is 7.55.